The van der Waals surface area contributed by atoms with Gasteiger partial charge in [-0.3, -0.25) is 9.36 Å². The summed E-state index contributed by atoms with van der Waals surface area (Å²) in [5.74, 6) is 0.211. The van der Waals surface area contributed by atoms with Gasteiger partial charge in [0.15, 0.2) is 0 Å². The molecule has 0 spiro atoms. The van der Waals surface area contributed by atoms with E-state index in [1.807, 2.05) is 36.4 Å². The van der Waals surface area contributed by atoms with Crippen molar-refractivity contribution in [3.63, 3.8) is 0 Å². The second-order valence-electron chi connectivity index (χ2n) is 10.1. The predicted molar refractivity (Wildman–Crippen MR) is 155 cm³/mol. The molecule has 0 unspecified atom stereocenters. The minimum absolute atomic E-state index is 0.0433. The van der Waals surface area contributed by atoms with Crippen molar-refractivity contribution in [2.24, 2.45) is 0 Å². The summed E-state index contributed by atoms with van der Waals surface area (Å²) in [5, 5.41) is 3.95. The topological polar surface area (TPSA) is 78.3 Å². The molecule has 4 rings (SSSR count). The highest BCUT2D eigenvalue weighted by Crippen LogP contribution is 2.29. The molecule has 0 aliphatic heterocycles. The van der Waals surface area contributed by atoms with E-state index in [9.17, 15) is 13.6 Å². The zero-order valence-corrected chi connectivity index (χ0v) is 23.6. The third-order valence-corrected chi connectivity index (χ3v) is 7.77. The van der Waals surface area contributed by atoms with Crippen molar-refractivity contribution in [1.29, 1.82) is 0 Å². The Morgan fingerprint density at radius 1 is 1.03 bits per heavy atom. The van der Waals surface area contributed by atoms with Crippen LogP contribution in [0.3, 0.4) is 0 Å². The van der Waals surface area contributed by atoms with Crippen LogP contribution in [0.15, 0.2) is 65.7 Å². The molecule has 11 heteroatoms. The minimum atomic E-state index is -2.95. The van der Waals surface area contributed by atoms with Gasteiger partial charge in [0, 0.05) is 44.4 Å². The number of hydrogen-bond acceptors (Lipinski definition) is 6. The monoisotopic (exact) mass is 570 g/mol. The molecule has 2 heterocycles. The summed E-state index contributed by atoms with van der Waals surface area (Å²) in [6, 6.07) is 14.6. The molecule has 0 saturated carbocycles. The summed E-state index contributed by atoms with van der Waals surface area (Å²) in [6.07, 6.45) is 7.12. The van der Waals surface area contributed by atoms with E-state index in [4.69, 9.17) is 16.3 Å². The summed E-state index contributed by atoms with van der Waals surface area (Å²) in [6.45, 7) is 4.80. The summed E-state index contributed by atoms with van der Waals surface area (Å²) in [4.78, 5) is 21.0. The molecular weight excluding hydrogens is 542 g/mol. The maximum atomic E-state index is 12.5. The van der Waals surface area contributed by atoms with Gasteiger partial charge < -0.3 is 14.8 Å². The van der Waals surface area contributed by atoms with Gasteiger partial charge in [0.25, 0.3) is 5.56 Å². The second kappa shape index (κ2) is 12.5. The molecule has 0 aliphatic carbocycles. The van der Waals surface area contributed by atoms with E-state index in [-0.39, 0.29) is 23.1 Å². The van der Waals surface area contributed by atoms with Crippen LogP contribution in [0.2, 0.25) is 30.7 Å². The Morgan fingerprint density at radius 3 is 2.46 bits per heavy atom. The Labute approximate surface area is 231 Å². The van der Waals surface area contributed by atoms with Crippen LogP contribution >= 0.6 is 11.6 Å². The molecule has 0 saturated heterocycles. The highest BCUT2D eigenvalue weighted by atomic mass is 35.5. The molecule has 0 atom stereocenters. The molecule has 7 nitrogen and oxygen atoms in total. The fourth-order valence-electron chi connectivity index (χ4n) is 3.67. The molecule has 4 aromatic rings. The highest BCUT2D eigenvalue weighted by Gasteiger charge is 2.13. The van der Waals surface area contributed by atoms with Crippen LogP contribution < -0.4 is 15.6 Å². The summed E-state index contributed by atoms with van der Waals surface area (Å²) in [7, 11) is -1.20. The van der Waals surface area contributed by atoms with Gasteiger partial charge in [-0.1, -0.05) is 49.5 Å². The Morgan fingerprint density at radius 2 is 1.77 bits per heavy atom. The lowest BCUT2D eigenvalue weighted by Gasteiger charge is -2.16. The number of fused-ring (bicyclic) bond motifs is 1. The number of rotatable bonds is 11. The zero-order chi connectivity index (χ0) is 28.0. The van der Waals surface area contributed by atoms with Crippen LogP contribution in [0.5, 0.6) is 5.75 Å². The van der Waals surface area contributed by atoms with Gasteiger partial charge in [0.2, 0.25) is 5.95 Å². The number of anilines is 2. The fourth-order valence-corrected chi connectivity index (χ4v) is 4.66. The molecule has 0 amide bonds. The SMILES string of the molecule is C[Si](C)(C)CCOCn1c(=O)ccc2cc(C=Cc3cnc(Nc4ccc(OC(F)F)c(Cl)c4)nc3)ccc21. The normalized spacial score (nSPS) is 12.0. The third-order valence-electron chi connectivity index (χ3n) is 5.77. The first kappa shape index (κ1) is 28.4. The number of benzene rings is 2. The van der Waals surface area contributed by atoms with E-state index in [0.717, 1.165) is 28.1 Å². The number of hydrogen-bond donors (Lipinski definition) is 1. The van der Waals surface area contributed by atoms with Crippen molar-refractivity contribution in [2.45, 2.75) is 39.0 Å². The first-order chi connectivity index (χ1) is 18.6. The van der Waals surface area contributed by atoms with E-state index < -0.39 is 14.7 Å². The standard InChI is InChI=1S/C28H29ClF2N4O3Si/c1-39(2,3)13-12-37-18-35-24-9-6-19(14-21(24)7-11-26(35)36)4-5-20-16-32-28(33-17-20)34-22-8-10-25(23(29)15-22)38-27(30)31/h4-11,14-17,27H,12-13,18H2,1-3H3,(H,32,33,34). The van der Waals surface area contributed by atoms with Gasteiger partial charge in [-0.15, -0.1) is 0 Å². The number of halogens is 3. The quantitative estimate of drug-likeness (QED) is 0.151. The number of alkyl halides is 2. The summed E-state index contributed by atoms with van der Waals surface area (Å²) in [5.41, 5.74) is 2.99. The van der Waals surface area contributed by atoms with Crippen LogP contribution in [0.4, 0.5) is 20.4 Å². The average Bonchev–Trinajstić information content (AvgIpc) is 2.88. The van der Waals surface area contributed by atoms with Gasteiger partial charge in [0.05, 0.1) is 10.5 Å². The van der Waals surface area contributed by atoms with Crippen molar-refractivity contribution in [3.8, 4) is 5.75 Å². The van der Waals surface area contributed by atoms with Crippen LogP contribution in [0.25, 0.3) is 23.1 Å². The van der Waals surface area contributed by atoms with Gasteiger partial charge in [-0.25, -0.2) is 9.97 Å². The number of ether oxygens (including phenoxy) is 2. The molecule has 0 fully saturated rings. The smallest absolute Gasteiger partial charge is 0.387 e. The average molecular weight is 571 g/mol. The summed E-state index contributed by atoms with van der Waals surface area (Å²) < 4.78 is 36.6. The lowest BCUT2D eigenvalue weighted by Crippen LogP contribution is -2.24. The first-order valence-corrected chi connectivity index (χ1v) is 16.4. The molecule has 2 aromatic heterocycles. The van der Waals surface area contributed by atoms with E-state index in [1.165, 1.54) is 12.1 Å². The molecule has 0 bridgehead atoms. The molecule has 2 aromatic carbocycles. The van der Waals surface area contributed by atoms with Crippen molar-refractivity contribution in [3.05, 3.63) is 87.4 Å². The van der Waals surface area contributed by atoms with E-state index in [0.29, 0.717) is 18.2 Å². The maximum Gasteiger partial charge on any atom is 0.387 e. The lowest BCUT2D eigenvalue weighted by atomic mass is 10.1. The minimum Gasteiger partial charge on any atom is -0.433 e. The highest BCUT2D eigenvalue weighted by molar-refractivity contribution is 6.76. The lowest BCUT2D eigenvalue weighted by molar-refractivity contribution is -0.0497. The van der Waals surface area contributed by atoms with Crippen LogP contribution in [-0.4, -0.2) is 35.8 Å². The number of nitrogens with one attached hydrogen (secondary N) is 1. The van der Waals surface area contributed by atoms with Crippen LogP contribution in [0.1, 0.15) is 11.1 Å². The molecule has 0 aliphatic rings. The number of nitrogens with zero attached hydrogens (tertiary/aromatic N) is 3. The molecule has 204 valence electrons. The third kappa shape index (κ3) is 8.19. The number of pyridine rings is 1. The van der Waals surface area contributed by atoms with E-state index in [1.54, 1.807) is 29.1 Å². The van der Waals surface area contributed by atoms with E-state index in [2.05, 4.69) is 39.7 Å². The number of aromatic nitrogens is 3. The fraction of sp³-hybridized carbons (Fsp3) is 0.250. The Kier molecular flexibility index (Phi) is 9.11. The Bertz CT molecular complexity index is 1520. The van der Waals surface area contributed by atoms with Crippen molar-refractivity contribution >= 4 is 54.4 Å². The van der Waals surface area contributed by atoms with Gasteiger partial charge in [-0.05, 0) is 53.4 Å². The summed E-state index contributed by atoms with van der Waals surface area (Å²) >= 11 is 5.99. The second-order valence-corrected chi connectivity index (χ2v) is 16.1. The molecule has 39 heavy (non-hydrogen) atoms. The molecule has 0 radical (unpaired) electrons. The van der Waals surface area contributed by atoms with Crippen LogP contribution in [0, 0.1) is 0 Å². The van der Waals surface area contributed by atoms with Crippen molar-refractivity contribution < 1.29 is 18.3 Å². The van der Waals surface area contributed by atoms with Crippen LogP contribution in [-0.2, 0) is 11.5 Å². The zero-order valence-electron chi connectivity index (χ0n) is 21.8. The first-order valence-electron chi connectivity index (χ1n) is 12.3. The molecular formula is C28H29ClF2N4O3Si. The van der Waals surface area contributed by atoms with Crippen molar-refractivity contribution in [1.82, 2.24) is 14.5 Å². The van der Waals surface area contributed by atoms with Gasteiger partial charge >= 0.3 is 6.61 Å². The molecule has 1 N–H and O–H groups in total. The Hall–Kier alpha value is -3.60. The van der Waals surface area contributed by atoms with Gasteiger partial charge in [0.1, 0.15) is 12.5 Å². The Balaban J connectivity index is 1.41. The van der Waals surface area contributed by atoms with Crippen molar-refractivity contribution in [2.75, 3.05) is 11.9 Å². The largest absolute Gasteiger partial charge is 0.433 e. The van der Waals surface area contributed by atoms with Gasteiger partial charge in [-0.2, -0.15) is 8.78 Å². The predicted octanol–water partition coefficient (Wildman–Crippen LogP) is 7.27. The maximum absolute atomic E-state index is 12.5. The van der Waals surface area contributed by atoms with E-state index >= 15 is 0 Å².